The minimum Gasteiger partial charge on any atom is -0.487 e. The molecule has 5 nitrogen and oxygen atoms in total. The van der Waals surface area contributed by atoms with Gasteiger partial charge in [-0.2, -0.15) is 0 Å². The first-order chi connectivity index (χ1) is 16.0. The van der Waals surface area contributed by atoms with Crippen molar-refractivity contribution in [1.29, 1.82) is 0 Å². The maximum atomic E-state index is 6.52. The van der Waals surface area contributed by atoms with Crippen LogP contribution in [0.1, 0.15) is 23.9 Å². The van der Waals surface area contributed by atoms with E-state index < -0.39 is 0 Å². The van der Waals surface area contributed by atoms with Gasteiger partial charge in [-0.15, -0.1) is 11.3 Å². The number of thiazole rings is 1. The summed E-state index contributed by atoms with van der Waals surface area (Å²) >= 11 is 9.66. The largest absolute Gasteiger partial charge is 0.487 e. The Morgan fingerprint density at radius 2 is 2.06 bits per heavy atom. The van der Waals surface area contributed by atoms with E-state index in [2.05, 4.69) is 16.5 Å². The number of aromatic nitrogens is 3. The lowest BCUT2D eigenvalue weighted by Crippen LogP contribution is -2.08. The second-order valence-corrected chi connectivity index (χ2v) is 9.81. The first-order valence-corrected chi connectivity index (χ1v) is 12.4. The number of halogens is 1. The van der Waals surface area contributed by atoms with Crippen molar-refractivity contribution in [2.45, 2.75) is 36.6 Å². The van der Waals surface area contributed by atoms with Gasteiger partial charge in [0.25, 0.3) is 0 Å². The van der Waals surface area contributed by atoms with E-state index in [9.17, 15) is 0 Å². The van der Waals surface area contributed by atoms with E-state index in [0.717, 1.165) is 42.8 Å². The number of allylic oxidation sites excluding steroid dienone is 1. The number of para-hydroxylation sites is 1. The first-order valence-electron chi connectivity index (χ1n) is 10.3. The second kappa shape index (κ2) is 10.4. The highest BCUT2D eigenvalue weighted by molar-refractivity contribution is 8.01. The molecule has 4 aromatic rings. The molecule has 0 fully saturated rings. The van der Waals surface area contributed by atoms with E-state index in [4.69, 9.17) is 21.3 Å². The second-order valence-electron chi connectivity index (χ2n) is 7.25. The topological polar surface area (TPSA) is 51.1 Å². The van der Waals surface area contributed by atoms with Crippen molar-refractivity contribution < 1.29 is 4.74 Å². The van der Waals surface area contributed by atoms with E-state index in [1.807, 2.05) is 67.6 Å². The molecular formula is C25H23ClN4OS2. The Bertz CT molecular complexity index is 1340. The van der Waals surface area contributed by atoms with E-state index in [-0.39, 0.29) is 6.61 Å². The Labute approximate surface area is 206 Å². The summed E-state index contributed by atoms with van der Waals surface area (Å²) in [6.45, 7) is 10.2. The highest BCUT2D eigenvalue weighted by atomic mass is 35.5. The predicted octanol–water partition coefficient (Wildman–Crippen LogP) is 7.57. The fourth-order valence-electron chi connectivity index (χ4n) is 3.35. The molecule has 0 aliphatic carbocycles. The number of anilines is 1. The summed E-state index contributed by atoms with van der Waals surface area (Å²) in [6, 6.07) is 7.98. The fourth-order valence-corrected chi connectivity index (χ4v) is 5.53. The van der Waals surface area contributed by atoms with Crippen LogP contribution in [-0.2, 0) is 6.61 Å². The Morgan fingerprint density at radius 1 is 1.21 bits per heavy atom. The molecule has 0 saturated carbocycles. The number of fused-ring (bicyclic) bond motifs is 1. The molecule has 1 aromatic carbocycles. The van der Waals surface area contributed by atoms with Gasteiger partial charge in [-0.1, -0.05) is 48.2 Å². The fraction of sp³-hybridized carbons (Fsp3) is 0.160. The first kappa shape index (κ1) is 23.3. The summed E-state index contributed by atoms with van der Waals surface area (Å²) in [5.74, 6) is 0.691. The zero-order valence-electron chi connectivity index (χ0n) is 18.6. The maximum Gasteiger partial charge on any atom is 0.154 e. The summed E-state index contributed by atoms with van der Waals surface area (Å²) < 4.78 is 7.23. The number of hydrogen-bond donors (Lipinski definition) is 0. The molecule has 168 valence electrons. The monoisotopic (exact) mass is 494 g/mol. The van der Waals surface area contributed by atoms with Crippen LogP contribution in [0.4, 0.5) is 5.69 Å². The maximum absolute atomic E-state index is 6.52. The molecule has 0 radical (unpaired) electrons. The summed E-state index contributed by atoms with van der Waals surface area (Å²) in [7, 11) is 0. The van der Waals surface area contributed by atoms with Gasteiger partial charge in [0.05, 0.1) is 10.7 Å². The van der Waals surface area contributed by atoms with Gasteiger partial charge in [0.2, 0.25) is 0 Å². The van der Waals surface area contributed by atoms with Crippen LogP contribution in [0.5, 0.6) is 5.75 Å². The van der Waals surface area contributed by atoms with Gasteiger partial charge in [0.1, 0.15) is 17.9 Å². The molecule has 0 amide bonds. The molecule has 0 aliphatic heterocycles. The minimum atomic E-state index is 0.290. The predicted molar refractivity (Wildman–Crippen MR) is 139 cm³/mol. The number of ether oxygens (including phenoxy) is 1. The van der Waals surface area contributed by atoms with Crippen LogP contribution in [0.15, 0.2) is 76.3 Å². The molecule has 0 unspecified atom stereocenters. The Hall–Kier alpha value is -2.87. The Morgan fingerprint density at radius 3 is 2.79 bits per heavy atom. The molecule has 0 N–H and O–H groups in total. The molecule has 33 heavy (non-hydrogen) atoms. The van der Waals surface area contributed by atoms with Crippen LogP contribution >= 0.6 is 34.7 Å². The van der Waals surface area contributed by atoms with Crippen molar-refractivity contribution in [2.75, 3.05) is 4.90 Å². The molecule has 0 aliphatic rings. The molecule has 0 saturated heterocycles. The van der Waals surface area contributed by atoms with Crippen LogP contribution in [0.2, 0.25) is 5.02 Å². The number of pyridine rings is 2. The van der Waals surface area contributed by atoms with Crippen LogP contribution < -0.4 is 9.64 Å². The smallest absolute Gasteiger partial charge is 0.154 e. The normalized spacial score (nSPS) is 11.3. The SMILES string of the molecule is C=CN(/C=C\C)c1cc(C)nc2c(OCc3c(Cl)cncc3Sc3nc(C)cs3)cccc12. The Balaban J connectivity index is 1.68. The van der Waals surface area contributed by atoms with Gasteiger partial charge in [0, 0.05) is 57.4 Å². The molecule has 0 atom stereocenters. The number of benzene rings is 1. The third-order valence-corrected chi connectivity index (χ3v) is 7.28. The summed E-state index contributed by atoms with van der Waals surface area (Å²) in [6.07, 6.45) is 9.16. The van der Waals surface area contributed by atoms with Crippen molar-refractivity contribution in [2.24, 2.45) is 0 Å². The highest BCUT2D eigenvalue weighted by Gasteiger charge is 2.15. The lowest BCUT2D eigenvalue weighted by Gasteiger charge is -2.19. The lowest BCUT2D eigenvalue weighted by atomic mass is 10.1. The van der Waals surface area contributed by atoms with Crippen LogP contribution in [0.3, 0.4) is 0 Å². The molecule has 3 heterocycles. The van der Waals surface area contributed by atoms with Gasteiger partial charge in [-0.25, -0.2) is 9.97 Å². The molecule has 4 rings (SSSR count). The van der Waals surface area contributed by atoms with Gasteiger partial charge in [-0.05, 0) is 32.9 Å². The van der Waals surface area contributed by atoms with Crippen molar-refractivity contribution in [3.63, 3.8) is 0 Å². The average molecular weight is 495 g/mol. The molecular weight excluding hydrogens is 472 g/mol. The van der Waals surface area contributed by atoms with Crippen molar-refractivity contribution in [3.8, 4) is 5.75 Å². The Kier molecular flexibility index (Phi) is 7.33. The quantitative estimate of drug-likeness (QED) is 0.252. The highest BCUT2D eigenvalue weighted by Crippen LogP contribution is 2.37. The van der Waals surface area contributed by atoms with Crippen LogP contribution in [0.25, 0.3) is 10.9 Å². The third-order valence-electron chi connectivity index (χ3n) is 4.83. The van der Waals surface area contributed by atoms with Gasteiger partial charge < -0.3 is 9.64 Å². The van der Waals surface area contributed by atoms with Gasteiger partial charge in [-0.3, -0.25) is 4.98 Å². The van der Waals surface area contributed by atoms with Crippen LogP contribution in [-0.4, -0.2) is 15.0 Å². The van der Waals surface area contributed by atoms with E-state index in [0.29, 0.717) is 10.8 Å². The van der Waals surface area contributed by atoms with Crippen LogP contribution in [0, 0.1) is 13.8 Å². The molecule has 0 spiro atoms. The number of aryl methyl sites for hydroxylation is 2. The number of hydrogen-bond acceptors (Lipinski definition) is 7. The molecule has 0 bridgehead atoms. The summed E-state index contributed by atoms with van der Waals surface area (Å²) in [5.41, 5.74) is 4.54. The molecule has 8 heteroatoms. The van der Waals surface area contributed by atoms with E-state index >= 15 is 0 Å². The van der Waals surface area contributed by atoms with Gasteiger partial charge >= 0.3 is 0 Å². The number of rotatable bonds is 8. The lowest BCUT2D eigenvalue weighted by molar-refractivity contribution is 0.306. The number of nitrogens with zero attached hydrogens (tertiary/aromatic N) is 4. The average Bonchev–Trinajstić information content (AvgIpc) is 3.21. The minimum absolute atomic E-state index is 0.290. The third kappa shape index (κ3) is 5.21. The summed E-state index contributed by atoms with van der Waals surface area (Å²) in [4.78, 5) is 16.5. The molecule has 3 aromatic heterocycles. The van der Waals surface area contributed by atoms with Crippen molar-refractivity contribution in [1.82, 2.24) is 15.0 Å². The van der Waals surface area contributed by atoms with Crippen molar-refractivity contribution >= 4 is 51.3 Å². The summed E-state index contributed by atoms with van der Waals surface area (Å²) in [5, 5.41) is 3.56. The van der Waals surface area contributed by atoms with Crippen molar-refractivity contribution in [3.05, 3.63) is 89.1 Å². The van der Waals surface area contributed by atoms with Gasteiger partial charge in [0.15, 0.2) is 4.34 Å². The standard InChI is InChI=1S/C25H23ClN4OS2/c1-5-10-30(6-2)21-11-16(3)28-24-18(21)8-7-9-22(24)31-14-19-20(26)12-27-13-23(19)33-25-29-17(4)15-32-25/h5-13,15H,2,14H2,1,3-4H3/b10-5-. The van der Waals surface area contributed by atoms with E-state index in [1.165, 1.54) is 0 Å². The zero-order chi connectivity index (χ0) is 23.4. The van der Waals surface area contributed by atoms with E-state index in [1.54, 1.807) is 41.7 Å². The zero-order valence-corrected chi connectivity index (χ0v) is 21.0.